The van der Waals surface area contributed by atoms with Crippen molar-refractivity contribution >= 4 is 16.1 Å². The summed E-state index contributed by atoms with van der Waals surface area (Å²) in [7, 11) is -4.10. The van der Waals surface area contributed by atoms with Crippen molar-refractivity contribution in [2.45, 2.75) is 154 Å². The molecule has 0 bridgehead atoms. The molecule has 0 heterocycles. The van der Waals surface area contributed by atoms with Crippen LogP contribution < -0.4 is 0 Å². The van der Waals surface area contributed by atoms with Crippen LogP contribution in [0.1, 0.15) is 148 Å². The molecule has 5 nitrogen and oxygen atoms in total. The Balaban J connectivity index is 0.000000757. The van der Waals surface area contributed by atoms with Gasteiger partial charge in [-0.2, -0.15) is 8.42 Å². The third kappa shape index (κ3) is 21.8. The molecule has 1 aromatic rings. The van der Waals surface area contributed by atoms with Crippen LogP contribution in [0, 0.1) is 0 Å². The first-order chi connectivity index (χ1) is 17.3. The summed E-state index contributed by atoms with van der Waals surface area (Å²) >= 11 is 0. The van der Waals surface area contributed by atoms with Gasteiger partial charge >= 0.3 is 5.97 Å². The smallest absolute Gasteiger partial charge is 0.303 e. The molecule has 0 radical (unpaired) electrons. The second kappa shape index (κ2) is 24.0. The second-order valence-electron chi connectivity index (χ2n) is 9.99. The highest BCUT2D eigenvalue weighted by molar-refractivity contribution is 7.85. The predicted molar refractivity (Wildman–Crippen MR) is 151 cm³/mol. The lowest BCUT2D eigenvalue weighted by Crippen LogP contribution is -2.03. The van der Waals surface area contributed by atoms with E-state index in [1.807, 2.05) is 6.07 Å². The molecule has 0 aliphatic carbocycles. The fraction of sp³-hybridized carbons (Fsp3) is 0.767. The molecule has 0 aromatic heterocycles. The fourth-order valence-electron chi connectivity index (χ4n) is 4.35. The summed E-state index contributed by atoms with van der Waals surface area (Å²) in [6.45, 7) is 4.46. The van der Waals surface area contributed by atoms with Crippen LogP contribution in [0.2, 0.25) is 0 Å². The largest absolute Gasteiger partial charge is 0.481 e. The molecule has 0 aliphatic rings. The van der Waals surface area contributed by atoms with Crippen LogP contribution in [0.15, 0.2) is 29.2 Å². The van der Waals surface area contributed by atoms with Crippen molar-refractivity contribution in [3.8, 4) is 0 Å². The minimum Gasteiger partial charge on any atom is -0.481 e. The van der Waals surface area contributed by atoms with E-state index in [1.54, 1.807) is 12.1 Å². The maximum Gasteiger partial charge on any atom is 0.303 e. The van der Waals surface area contributed by atoms with Crippen molar-refractivity contribution in [2.75, 3.05) is 0 Å². The molecule has 36 heavy (non-hydrogen) atoms. The third-order valence-electron chi connectivity index (χ3n) is 6.54. The highest BCUT2D eigenvalue weighted by Gasteiger charge is 2.13. The van der Waals surface area contributed by atoms with Gasteiger partial charge in [-0.25, -0.2) is 0 Å². The lowest BCUT2D eigenvalue weighted by Gasteiger charge is -2.07. The first kappa shape index (κ1) is 34.6. The molecule has 0 spiro atoms. The normalized spacial score (nSPS) is 11.2. The first-order valence-electron chi connectivity index (χ1n) is 14.6. The average Bonchev–Trinajstić information content (AvgIpc) is 2.84. The van der Waals surface area contributed by atoms with Gasteiger partial charge in [-0.1, -0.05) is 141 Å². The fourth-order valence-corrected chi connectivity index (χ4v) is 5.10. The van der Waals surface area contributed by atoms with E-state index in [2.05, 4.69) is 13.8 Å². The number of carboxylic acid groups (broad SMARTS) is 1. The molecule has 2 N–H and O–H groups in total. The lowest BCUT2D eigenvalue weighted by molar-refractivity contribution is -0.137. The van der Waals surface area contributed by atoms with Crippen molar-refractivity contribution in [1.29, 1.82) is 0 Å². The molecule has 1 rings (SSSR count). The Bertz CT molecular complexity index is 745. The highest BCUT2D eigenvalue weighted by Crippen LogP contribution is 2.18. The number of benzene rings is 1. The molecule has 0 fully saturated rings. The number of unbranched alkanes of at least 4 members (excludes halogenated alkanes) is 17. The number of hydrogen-bond donors (Lipinski definition) is 2. The van der Waals surface area contributed by atoms with Crippen molar-refractivity contribution in [1.82, 2.24) is 0 Å². The van der Waals surface area contributed by atoms with Gasteiger partial charge in [0.05, 0.1) is 4.90 Å². The Morgan fingerprint density at radius 3 is 1.44 bits per heavy atom. The SMILES string of the molecule is CCCCCCCCCCCC(=O)O.CCCCCCCCCCCCc1ccccc1S(=O)(=O)O. The van der Waals surface area contributed by atoms with E-state index in [-0.39, 0.29) is 4.90 Å². The summed E-state index contributed by atoms with van der Waals surface area (Å²) in [5.41, 5.74) is 0.726. The van der Waals surface area contributed by atoms with Crippen LogP contribution in [-0.2, 0) is 21.3 Å². The van der Waals surface area contributed by atoms with E-state index in [4.69, 9.17) is 5.11 Å². The minimum atomic E-state index is -4.10. The standard InChI is InChI=1S/C18H30O3S.C12H24O2/c1-2-3-4-5-6-7-8-9-10-11-14-17-15-12-13-16-18(17)22(19,20)21;1-2-3-4-5-6-7-8-9-10-11-12(13)14/h12-13,15-16H,2-11,14H2,1H3,(H,19,20,21);2-11H2,1H3,(H,13,14). The van der Waals surface area contributed by atoms with Gasteiger partial charge in [0.25, 0.3) is 10.1 Å². The van der Waals surface area contributed by atoms with Gasteiger partial charge in [-0.05, 0) is 30.9 Å². The van der Waals surface area contributed by atoms with E-state index in [0.717, 1.165) is 31.2 Å². The molecule has 1 aromatic carbocycles. The van der Waals surface area contributed by atoms with E-state index in [9.17, 15) is 17.8 Å². The van der Waals surface area contributed by atoms with Gasteiger partial charge in [-0.15, -0.1) is 0 Å². The Morgan fingerprint density at radius 2 is 1.03 bits per heavy atom. The van der Waals surface area contributed by atoms with Crippen molar-refractivity contribution < 1.29 is 22.9 Å². The van der Waals surface area contributed by atoms with Gasteiger partial charge in [0.1, 0.15) is 0 Å². The van der Waals surface area contributed by atoms with Gasteiger partial charge in [0, 0.05) is 6.42 Å². The molecule has 0 saturated carbocycles. The summed E-state index contributed by atoms with van der Waals surface area (Å²) < 4.78 is 31.8. The van der Waals surface area contributed by atoms with Crippen molar-refractivity contribution in [3.05, 3.63) is 29.8 Å². The summed E-state index contributed by atoms with van der Waals surface area (Å²) in [5, 5.41) is 8.41. The Morgan fingerprint density at radius 1 is 0.639 bits per heavy atom. The number of rotatable bonds is 22. The zero-order chi connectivity index (χ0) is 26.9. The topological polar surface area (TPSA) is 91.7 Å². The maximum absolute atomic E-state index is 11.3. The summed E-state index contributed by atoms with van der Waals surface area (Å²) in [4.78, 5) is 10.3. The van der Waals surface area contributed by atoms with Crippen LogP contribution in [-0.4, -0.2) is 24.0 Å². The zero-order valence-corrected chi connectivity index (χ0v) is 24.0. The summed E-state index contributed by atoms with van der Waals surface area (Å²) in [6, 6.07) is 6.73. The monoisotopic (exact) mass is 526 g/mol. The third-order valence-corrected chi connectivity index (χ3v) is 7.50. The Hall–Kier alpha value is -1.40. The van der Waals surface area contributed by atoms with Crippen molar-refractivity contribution in [3.63, 3.8) is 0 Å². The number of carbonyl (C=O) groups is 1. The molecule has 6 heteroatoms. The van der Waals surface area contributed by atoms with Crippen LogP contribution in [0.5, 0.6) is 0 Å². The molecule has 0 saturated heterocycles. The van der Waals surface area contributed by atoms with Crippen LogP contribution in [0.4, 0.5) is 0 Å². The van der Waals surface area contributed by atoms with Crippen molar-refractivity contribution in [2.24, 2.45) is 0 Å². The molecular formula is C30H54O5S. The lowest BCUT2D eigenvalue weighted by atomic mass is 10.0. The van der Waals surface area contributed by atoms with Gasteiger partial charge in [0.15, 0.2) is 0 Å². The van der Waals surface area contributed by atoms with Crippen LogP contribution in [0.3, 0.4) is 0 Å². The second-order valence-corrected chi connectivity index (χ2v) is 11.4. The van der Waals surface area contributed by atoms with Crippen LogP contribution in [0.25, 0.3) is 0 Å². The van der Waals surface area contributed by atoms with Gasteiger partial charge in [-0.3, -0.25) is 9.35 Å². The van der Waals surface area contributed by atoms with Crippen LogP contribution >= 0.6 is 0 Å². The predicted octanol–water partition coefficient (Wildman–Crippen LogP) is 9.39. The number of aryl methyl sites for hydroxylation is 1. The van der Waals surface area contributed by atoms with E-state index in [0.29, 0.717) is 12.8 Å². The molecule has 0 unspecified atom stereocenters. The highest BCUT2D eigenvalue weighted by atomic mass is 32.2. The maximum atomic E-state index is 11.3. The number of hydrogen-bond acceptors (Lipinski definition) is 3. The molecule has 0 atom stereocenters. The molecule has 0 amide bonds. The first-order valence-corrected chi connectivity index (χ1v) is 16.0. The minimum absolute atomic E-state index is 0.0610. The number of aliphatic carboxylic acids is 1. The Labute approximate surface area is 222 Å². The van der Waals surface area contributed by atoms with Gasteiger partial charge < -0.3 is 5.11 Å². The Kier molecular flexibility index (Phi) is 23.0. The number of carboxylic acids is 1. The molecule has 210 valence electrons. The molecular weight excluding hydrogens is 472 g/mol. The summed E-state index contributed by atoms with van der Waals surface area (Å²) in [5.74, 6) is -0.659. The zero-order valence-electron chi connectivity index (χ0n) is 23.2. The van der Waals surface area contributed by atoms with E-state index in [1.165, 1.54) is 102 Å². The quantitative estimate of drug-likeness (QED) is 0.116. The van der Waals surface area contributed by atoms with E-state index < -0.39 is 16.1 Å². The average molecular weight is 527 g/mol. The van der Waals surface area contributed by atoms with Gasteiger partial charge in [0.2, 0.25) is 0 Å². The summed E-state index contributed by atoms with van der Waals surface area (Å²) in [6.07, 6.45) is 24.8. The van der Waals surface area contributed by atoms with E-state index >= 15 is 0 Å². The molecule has 0 aliphatic heterocycles.